The predicted octanol–water partition coefficient (Wildman–Crippen LogP) is 8.56. The highest BCUT2D eigenvalue weighted by Crippen LogP contribution is 2.49. The maximum Gasteiger partial charge on any atom is 0.0464 e. The Morgan fingerprint density at radius 1 is 0.531 bits per heavy atom. The highest BCUT2D eigenvalue weighted by Gasteiger charge is 2.35. The first-order chi connectivity index (χ1) is 15.6. The van der Waals surface area contributed by atoms with E-state index in [1.807, 2.05) is 0 Å². The molecule has 1 N–H and O–H groups in total. The molecule has 0 fully saturated rings. The molecule has 0 aromatic heterocycles. The number of anilines is 2. The fraction of sp³-hybridized carbons (Fsp3) is 0.0968. The van der Waals surface area contributed by atoms with E-state index in [4.69, 9.17) is 0 Å². The molecule has 0 unspecified atom stereocenters. The monoisotopic (exact) mass is 411 g/mol. The molecule has 0 aliphatic heterocycles. The van der Waals surface area contributed by atoms with Crippen LogP contribution in [0.5, 0.6) is 0 Å². The average Bonchev–Trinajstić information content (AvgIpc) is 3.06. The Balaban J connectivity index is 1.45. The summed E-state index contributed by atoms with van der Waals surface area (Å²) in [4.78, 5) is 0. The minimum Gasteiger partial charge on any atom is -0.355 e. The van der Waals surface area contributed by atoms with E-state index in [1.165, 1.54) is 44.2 Å². The fourth-order valence-electron chi connectivity index (χ4n) is 5.24. The van der Waals surface area contributed by atoms with Gasteiger partial charge in [-0.05, 0) is 56.8 Å². The average molecular weight is 412 g/mol. The summed E-state index contributed by atoms with van der Waals surface area (Å²) in [6, 6.07) is 39.3. The van der Waals surface area contributed by atoms with Crippen LogP contribution < -0.4 is 5.32 Å². The van der Waals surface area contributed by atoms with Gasteiger partial charge in [-0.15, -0.1) is 0 Å². The van der Waals surface area contributed by atoms with Crippen LogP contribution in [0.4, 0.5) is 11.4 Å². The Morgan fingerprint density at radius 3 is 2.09 bits per heavy atom. The first kappa shape index (κ1) is 18.9. The van der Waals surface area contributed by atoms with Crippen LogP contribution in [0.2, 0.25) is 0 Å². The normalized spacial score (nSPS) is 13.6. The van der Waals surface area contributed by atoms with Crippen molar-refractivity contribution in [1.82, 2.24) is 0 Å². The minimum atomic E-state index is 0.0331. The van der Waals surface area contributed by atoms with E-state index >= 15 is 0 Å². The summed E-state index contributed by atoms with van der Waals surface area (Å²) in [7, 11) is 0. The molecule has 5 aromatic rings. The van der Waals surface area contributed by atoms with E-state index in [9.17, 15) is 0 Å². The van der Waals surface area contributed by atoms with Crippen LogP contribution in [0.3, 0.4) is 0 Å². The van der Waals surface area contributed by atoms with Gasteiger partial charge in [0.2, 0.25) is 0 Å². The van der Waals surface area contributed by atoms with Gasteiger partial charge < -0.3 is 5.32 Å². The highest BCUT2D eigenvalue weighted by molar-refractivity contribution is 6.00. The summed E-state index contributed by atoms with van der Waals surface area (Å²) in [5, 5.41) is 6.26. The largest absolute Gasteiger partial charge is 0.355 e. The quantitative estimate of drug-likeness (QED) is 0.313. The molecule has 1 heteroatoms. The van der Waals surface area contributed by atoms with E-state index < -0.39 is 0 Å². The van der Waals surface area contributed by atoms with Crippen molar-refractivity contribution in [2.45, 2.75) is 19.3 Å². The molecule has 0 atom stereocenters. The smallest absolute Gasteiger partial charge is 0.0464 e. The van der Waals surface area contributed by atoms with Crippen LogP contribution in [0.15, 0.2) is 109 Å². The van der Waals surface area contributed by atoms with Gasteiger partial charge in [0.25, 0.3) is 0 Å². The van der Waals surface area contributed by atoms with Crippen molar-refractivity contribution in [3.05, 3.63) is 120 Å². The van der Waals surface area contributed by atoms with E-state index in [2.05, 4.69) is 128 Å². The summed E-state index contributed by atoms with van der Waals surface area (Å²) in [6.07, 6.45) is 0. The zero-order valence-corrected chi connectivity index (χ0v) is 18.4. The third-order valence-corrected chi connectivity index (χ3v) is 6.87. The summed E-state index contributed by atoms with van der Waals surface area (Å²) >= 11 is 0. The van der Waals surface area contributed by atoms with E-state index in [0.29, 0.717) is 0 Å². The second-order valence-corrected chi connectivity index (χ2v) is 9.13. The molecule has 1 aliphatic rings. The van der Waals surface area contributed by atoms with Crippen LogP contribution in [0.25, 0.3) is 33.0 Å². The van der Waals surface area contributed by atoms with Crippen LogP contribution in [-0.2, 0) is 5.41 Å². The Labute approximate surface area is 189 Å². The zero-order chi connectivity index (χ0) is 21.7. The maximum atomic E-state index is 3.72. The second-order valence-electron chi connectivity index (χ2n) is 9.13. The number of nitrogens with one attached hydrogen (secondary N) is 1. The molecule has 0 spiro atoms. The molecule has 6 rings (SSSR count). The van der Waals surface area contributed by atoms with Gasteiger partial charge in [0.05, 0.1) is 0 Å². The molecule has 0 saturated carbocycles. The van der Waals surface area contributed by atoms with Crippen molar-refractivity contribution >= 4 is 22.1 Å². The molecule has 154 valence electrons. The molecule has 1 aliphatic carbocycles. The third-order valence-electron chi connectivity index (χ3n) is 6.87. The van der Waals surface area contributed by atoms with Crippen molar-refractivity contribution in [2.75, 3.05) is 5.32 Å². The Morgan fingerprint density at radius 2 is 1.19 bits per heavy atom. The standard InChI is InChI=1S/C31H25N/c1-31(2)28-16-7-5-13-25(28)27-20-22(18-19-29(27)31)32-30-17-8-6-14-26(30)24-15-9-11-21-10-3-4-12-23(21)24/h3-20,32H,1-2H3. The van der Waals surface area contributed by atoms with Crippen molar-refractivity contribution in [2.24, 2.45) is 0 Å². The molecule has 0 bridgehead atoms. The first-order valence-corrected chi connectivity index (χ1v) is 11.2. The summed E-state index contributed by atoms with van der Waals surface area (Å²) < 4.78 is 0. The number of fused-ring (bicyclic) bond motifs is 4. The Kier molecular flexibility index (Phi) is 4.19. The zero-order valence-electron chi connectivity index (χ0n) is 18.4. The molecule has 0 saturated heterocycles. The molecule has 5 aromatic carbocycles. The number of hydrogen-bond donors (Lipinski definition) is 1. The van der Waals surface area contributed by atoms with Crippen LogP contribution in [0, 0.1) is 0 Å². The SMILES string of the molecule is CC1(C)c2ccccc2-c2cc(Nc3ccccc3-c3cccc4ccccc34)ccc21. The second kappa shape index (κ2) is 7.10. The van der Waals surface area contributed by atoms with E-state index in [1.54, 1.807) is 0 Å². The molecule has 1 nitrogen and oxygen atoms in total. The van der Waals surface area contributed by atoms with Gasteiger partial charge >= 0.3 is 0 Å². The van der Waals surface area contributed by atoms with Gasteiger partial charge in [-0.25, -0.2) is 0 Å². The van der Waals surface area contributed by atoms with Crippen molar-refractivity contribution in [3.63, 3.8) is 0 Å². The molecular weight excluding hydrogens is 386 g/mol. The lowest BCUT2D eigenvalue weighted by atomic mass is 9.82. The van der Waals surface area contributed by atoms with Gasteiger partial charge in [0, 0.05) is 22.4 Å². The van der Waals surface area contributed by atoms with Gasteiger partial charge in [0.15, 0.2) is 0 Å². The summed E-state index contributed by atoms with van der Waals surface area (Å²) in [5.41, 5.74) is 10.2. The Bertz CT molecular complexity index is 1470. The first-order valence-electron chi connectivity index (χ1n) is 11.2. The molecule has 0 amide bonds. The number of hydrogen-bond acceptors (Lipinski definition) is 1. The number of rotatable bonds is 3. The topological polar surface area (TPSA) is 12.0 Å². The summed E-state index contributed by atoms with van der Waals surface area (Å²) in [5.74, 6) is 0. The van der Waals surface area contributed by atoms with Gasteiger partial charge in [0.1, 0.15) is 0 Å². The fourth-order valence-corrected chi connectivity index (χ4v) is 5.24. The van der Waals surface area contributed by atoms with Gasteiger partial charge in [-0.2, -0.15) is 0 Å². The van der Waals surface area contributed by atoms with Crippen molar-refractivity contribution in [1.29, 1.82) is 0 Å². The minimum absolute atomic E-state index is 0.0331. The van der Waals surface area contributed by atoms with Crippen molar-refractivity contribution in [3.8, 4) is 22.3 Å². The lowest BCUT2D eigenvalue weighted by Crippen LogP contribution is -2.14. The van der Waals surface area contributed by atoms with E-state index in [0.717, 1.165) is 11.4 Å². The Hall–Kier alpha value is -3.84. The van der Waals surface area contributed by atoms with Gasteiger partial charge in [-0.3, -0.25) is 0 Å². The van der Waals surface area contributed by atoms with Crippen LogP contribution in [-0.4, -0.2) is 0 Å². The van der Waals surface area contributed by atoms with Crippen molar-refractivity contribution < 1.29 is 0 Å². The molecule has 0 radical (unpaired) electrons. The van der Waals surface area contributed by atoms with Crippen LogP contribution >= 0.6 is 0 Å². The molecular formula is C31H25N. The molecule has 32 heavy (non-hydrogen) atoms. The number of para-hydroxylation sites is 1. The van der Waals surface area contributed by atoms with Gasteiger partial charge in [-0.1, -0.05) is 105 Å². The molecule has 0 heterocycles. The summed E-state index contributed by atoms with van der Waals surface area (Å²) in [6.45, 7) is 4.64. The maximum absolute atomic E-state index is 3.72. The highest BCUT2D eigenvalue weighted by atomic mass is 14.9. The third kappa shape index (κ3) is 2.85. The van der Waals surface area contributed by atoms with E-state index in [-0.39, 0.29) is 5.41 Å². The lowest BCUT2D eigenvalue weighted by Gasteiger charge is -2.21. The predicted molar refractivity (Wildman–Crippen MR) is 137 cm³/mol. The lowest BCUT2D eigenvalue weighted by molar-refractivity contribution is 0.660. The number of benzene rings is 5. The van der Waals surface area contributed by atoms with Crippen LogP contribution in [0.1, 0.15) is 25.0 Å².